The first-order chi connectivity index (χ1) is 9.10. The van der Waals surface area contributed by atoms with Gasteiger partial charge in [0.2, 0.25) is 0 Å². The van der Waals surface area contributed by atoms with Crippen molar-refractivity contribution in [3.8, 4) is 0 Å². The van der Waals surface area contributed by atoms with Crippen LogP contribution < -0.4 is 0 Å². The topological polar surface area (TPSA) is 20.3 Å². The van der Waals surface area contributed by atoms with Gasteiger partial charge in [0.1, 0.15) is 5.78 Å². The van der Waals surface area contributed by atoms with E-state index in [1.165, 1.54) is 19.3 Å². The third kappa shape index (κ3) is 4.34. The first-order valence-corrected chi connectivity index (χ1v) is 8.50. The van der Waals surface area contributed by atoms with Crippen molar-refractivity contribution in [2.75, 3.05) is 19.6 Å². The molecule has 2 nitrogen and oxygen atoms in total. The van der Waals surface area contributed by atoms with Crippen LogP contribution in [-0.2, 0) is 4.79 Å². The third-order valence-corrected chi connectivity index (χ3v) is 5.84. The Morgan fingerprint density at radius 2 is 2.00 bits per heavy atom. The van der Waals surface area contributed by atoms with E-state index in [1.807, 2.05) is 0 Å². The van der Waals surface area contributed by atoms with E-state index in [2.05, 4.69) is 11.8 Å². The summed E-state index contributed by atoms with van der Waals surface area (Å²) in [6, 6.07) is 0. The van der Waals surface area contributed by atoms with Gasteiger partial charge in [-0.15, -0.1) is 23.2 Å². The highest BCUT2D eigenvalue weighted by Crippen LogP contribution is 2.32. The molecule has 2 aliphatic rings. The molecule has 1 saturated carbocycles. The molecule has 0 spiro atoms. The second-order valence-electron chi connectivity index (χ2n) is 6.16. The van der Waals surface area contributed by atoms with Crippen molar-refractivity contribution in [1.82, 2.24) is 4.90 Å². The van der Waals surface area contributed by atoms with E-state index >= 15 is 0 Å². The lowest BCUT2D eigenvalue weighted by Gasteiger charge is -2.34. The number of halogens is 2. The lowest BCUT2D eigenvalue weighted by molar-refractivity contribution is -0.125. The van der Waals surface area contributed by atoms with Crippen LogP contribution in [0.5, 0.6) is 0 Å². The average molecular weight is 306 g/mol. The summed E-state index contributed by atoms with van der Waals surface area (Å²) < 4.78 is 0. The van der Waals surface area contributed by atoms with Gasteiger partial charge in [-0.25, -0.2) is 0 Å². The zero-order chi connectivity index (χ0) is 13.8. The third-order valence-electron chi connectivity index (χ3n) is 4.71. The molecule has 0 aromatic carbocycles. The Balaban J connectivity index is 1.80. The SMILES string of the molecule is CCC1CCCN(CC(=O)C2CCC(Cl)C(Cl)C2)C1. The van der Waals surface area contributed by atoms with E-state index in [1.54, 1.807) is 0 Å². The Morgan fingerprint density at radius 1 is 1.21 bits per heavy atom. The maximum Gasteiger partial charge on any atom is 0.149 e. The summed E-state index contributed by atoms with van der Waals surface area (Å²) >= 11 is 12.3. The van der Waals surface area contributed by atoms with Crippen LogP contribution in [0.3, 0.4) is 0 Å². The van der Waals surface area contributed by atoms with E-state index < -0.39 is 0 Å². The van der Waals surface area contributed by atoms with Crippen molar-refractivity contribution < 1.29 is 4.79 Å². The Labute approximate surface area is 126 Å². The van der Waals surface area contributed by atoms with Crippen molar-refractivity contribution in [3.63, 3.8) is 0 Å². The highest BCUT2D eigenvalue weighted by molar-refractivity contribution is 6.30. The van der Waals surface area contributed by atoms with E-state index in [4.69, 9.17) is 23.2 Å². The van der Waals surface area contributed by atoms with Gasteiger partial charge in [0.25, 0.3) is 0 Å². The van der Waals surface area contributed by atoms with E-state index in [-0.39, 0.29) is 16.7 Å². The van der Waals surface area contributed by atoms with Gasteiger partial charge in [0, 0.05) is 17.8 Å². The standard InChI is InChI=1S/C15H25Cl2NO/c1-2-11-4-3-7-18(9-11)10-15(19)12-5-6-13(16)14(17)8-12/h11-14H,2-10H2,1H3. The van der Waals surface area contributed by atoms with Gasteiger partial charge < -0.3 is 0 Å². The quantitative estimate of drug-likeness (QED) is 0.738. The Hall–Kier alpha value is 0.210. The van der Waals surface area contributed by atoms with E-state index in [0.29, 0.717) is 12.3 Å². The van der Waals surface area contributed by atoms with Gasteiger partial charge in [0.15, 0.2) is 0 Å². The largest absolute Gasteiger partial charge is 0.298 e. The van der Waals surface area contributed by atoms with Crippen LogP contribution in [0.4, 0.5) is 0 Å². The van der Waals surface area contributed by atoms with Crippen LogP contribution in [0.1, 0.15) is 45.4 Å². The lowest BCUT2D eigenvalue weighted by Crippen LogP contribution is -2.41. The van der Waals surface area contributed by atoms with E-state index in [0.717, 1.165) is 38.3 Å². The molecule has 2 rings (SSSR count). The zero-order valence-corrected chi connectivity index (χ0v) is 13.3. The molecule has 0 radical (unpaired) electrons. The highest BCUT2D eigenvalue weighted by atomic mass is 35.5. The van der Waals surface area contributed by atoms with Gasteiger partial charge in [-0.1, -0.05) is 13.3 Å². The number of nitrogens with zero attached hydrogens (tertiary/aromatic N) is 1. The van der Waals surface area contributed by atoms with Crippen molar-refractivity contribution in [3.05, 3.63) is 0 Å². The Morgan fingerprint density at radius 3 is 2.68 bits per heavy atom. The predicted octanol–water partition coefficient (Wildman–Crippen LogP) is 3.69. The normalized spacial score (nSPS) is 37.2. The maximum absolute atomic E-state index is 12.4. The van der Waals surface area contributed by atoms with Gasteiger partial charge in [-0.05, 0) is 44.6 Å². The fourth-order valence-corrected chi connectivity index (χ4v) is 3.92. The highest BCUT2D eigenvalue weighted by Gasteiger charge is 2.32. The maximum atomic E-state index is 12.4. The molecule has 1 heterocycles. The zero-order valence-electron chi connectivity index (χ0n) is 11.8. The molecule has 0 aromatic rings. The fourth-order valence-electron chi connectivity index (χ4n) is 3.35. The average Bonchev–Trinajstić information content (AvgIpc) is 2.42. The molecule has 1 aliphatic carbocycles. The molecule has 4 atom stereocenters. The molecule has 0 bridgehead atoms. The van der Waals surface area contributed by atoms with Crippen LogP contribution in [0.2, 0.25) is 0 Å². The Kier molecular flexibility index (Phi) is 5.98. The number of carbonyl (C=O) groups excluding carboxylic acids is 1. The number of piperidine rings is 1. The number of hydrogen-bond acceptors (Lipinski definition) is 2. The van der Waals surface area contributed by atoms with Crippen molar-refractivity contribution in [1.29, 1.82) is 0 Å². The molecule has 0 N–H and O–H groups in total. The molecule has 4 unspecified atom stereocenters. The molecular weight excluding hydrogens is 281 g/mol. The minimum atomic E-state index is -0.0332. The number of rotatable bonds is 4. The van der Waals surface area contributed by atoms with E-state index in [9.17, 15) is 4.79 Å². The molecule has 4 heteroatoms. The summed E-state index contributed by atoms with van der Waals surface area (Å²) in [5, 5.41) is 0.0132. The number of Topliss-reactive ketones (excluding diaryl/α,β-unsaturated/α-hetero) is 1. The number of ketones is 1. The van der Waals surface area contributed by atoms with Crippen molar-refractivity contribution in [2.24, 2.45) is 11.8 Å². The molecule has 19 heavy (non-hydrogen) atoms. The first-order valence-electron chi connectivity index (χ1n) is 7.63. The van der Waals surface area contributed by atoms with Crippen molar-refractivity contribution >= 4 is 29.0 Å². The van der Waals surface area contributed by atoms with Gasteiger partial charge >= 0.3 is 0 Å². The minimum absolute atomic E-state index is 0.0332. The Bertz CT molecular complexity index is 311. The number of alkyl halides is 2. The summed E-state index contributed by atoms with van der Waals surface area (Å²) in [5.74, 6) is 1.30. The monoisotopic (exact) mass is 305 g/mol. The summed E-state index contributed by atoms with van der Waals surface area (Å²) in [7, 11) is 0. The summed E-state index contributed by atoms with van der Waals surface area (Å²) in [4.78, 5) is 14.7. The summed E-state index contributed by atoms with van der Waals surface area (Å²) in [6.07, 6.45) is 6.34. The summed E-state index contributed by atoms with van der Waals surface area (Å²) in [6.45, 7) is 5.04. The molecular formula is C15H25Cl2NO. The number of carbonyl (C=O) groups is 1. The first kappa shape index (κ1) is 15.6. The molecule has 0 amide bonds. The smallest absolute Gasteiger partial charge is 0.149 e. The van der Waals surface area contributed by atoms with Crippen LogP contribution in [0.25, 0.3) is 0 Å². The summed E-state index contributed by atoms with van der Waals surface area (Å²) in [5.41, 5.74) is 0. The molecule has 1 saturated heterocycles. The fraction of sp³-hybridized carbons (Fsp3) is 0.933. The number of likely N-dealkylation sites (tertiary alicyclic amines) is 1. The van der Waals surface area contributed by atoms with Crippen molar-refractivity contribution in [2.45, 2.75) is 56.2 Å². The molecule has 110 valence electrons. The van der Waals surface area contributed by atoms with Crippen LogP contribution in [0, 0.1) is 11.8 Å². The van der Waals surface area contributed by atoms with Gasteiger partial charge in [0.05, 0.1) is 11.9 Å². The van der Waals surface area contributed by atoms with Crippen LogP contribution in [0.15, 0.2) is 0 Å². The molecule has 1 aliphatic heterocycles. The van der Waals surface area contributed by atoms with Crippen LogP contribution in [-0.4, -0.2) is 41.1 Å². The van der Waals surface area contributed by atoms with Crippen LogP contribution >= 0.6 is 23.2 Å². The van der Waals surface area contributed by atoms with Gasteiger partial charge in [-0.2, -0.15) is 0 Å². The molecule has 0 aromatic heterocycles. The van der Waals surface area contributed by atoms with Gasteiger partial charge in [-0.3, -0.25) is 9.69 Å². The second kappa shape index (κ2) is 7.28. The minimum Gasteiger partial charge on any atom is -0.298 e. The predicted molar refractivity (Wildman–Crippen MR) is 81.1 cm³/mol. The number of hydrogen-bond donors (Lipinski definition) is 0. The second-order valence-corrected chi connectivity index (χ2v) is 7.28. The molecule has 2 fully saturated rings. The lowest BCUT2D eigenvalue weighted by atomic mass is 9.85.